The first-order valence-electron chi connectivity index (χ1n) is 3.43. The molecule has 0 radical (unpaired) electrons. The van der Waals surface area contributed by atoms with E-state index in [0.29, 0.717) is 5.01 Å². The second-order valence-corrected chi connectivity index (χ2v) is 3.01. The lowest BCUT2D eigenvalue weighted by molar-refractivity contribution is 0.102. The van der Waals surface area contributed by atoms with Gasteiger partial charge in [-0.3, -0.25) is 15.2 Å². The molecule has 0 fully saturated rings. The number of anilines is 1. The summed E-state index contributed by atoms with van der Waals surface area (Å²) >= 11 is 1.26. The van der Waals surface area contributed by atoms with Crippen LogP contribution in [0.3, 0.4) is 0 Å². The van der Waals surface area contributed by atoms with Crippen molar-refractivity contribution in [3.8, 4) is 0 Å². The Labute approximate surface area is 77.0 Å². The zero-order chi connectivity index (χ0) is 9.10. The summed E-state index contributed by atoms with van der Waals surface area (Å²) in [6.45, 7) is 0. The van der Waals surface area contributed by atoms with Gasteiger partial charge < -0.3 is 0 Å². The Balaban J connectivity index is 2.08. The molecule has 2 aromatic heterocycles. The topological polar surface area (TPSA) is 83.6 Å². The highest BCUT2D eigenvalue weighted by Crippen LogP contribution is 2.05. The first-order valence-corrected chi connectivity index (χ1v) is 4.31. The van der Waals surface area contributed by atoms with Crippen molar-refractivity contribution in [3.05, 3.63) is 22.9 Å². The summed E-state index contributed by atoms with van der Waals surface area (Å²) in [6.07, 6.45) is 2.95. The van der Waals surface area contributed by atoms with Gasteiger partial charge in [0.05, 0.1) is 0 Å². The second kappa shape index (κ2) is 3.31. The quantitative estimate of drug-likeness (QED) is 0.731. The number of carbonyl (C=O) groups is 1. The van der Waals surface area contributed by atoms with Crippen molar-refractivity contribution in [2.45, 2.75) is 0 Å². The third-order valence-electron chi connectivity index (χ3n) is 1.27. The average molecular weight is 195 g/mol. The summed E-state index contributed by atoms with van der Waals surface area (Å²) < 4.78 is 0. The van der Waals surface area contributed by atoms with Gasteiger partial charge in [0.2, 0.25) is 5.95 Å². The molecule has 0 aliphatic carbocycles. The van der Waals surface area contributed by atoms with Gasteiger partial charge in [0.15, 0.2) is 5.01 Å². The summed E-state index contributed by atoms with van der Waals surface area (Å²) in [7, 11) is 0. The van der Waals surface area contributed by atoms with Gasteiger partial charge >= 0.3 is 0 Å². The van der Waals surface area contributed by atoms with Crippen LogP contribution in [0.5, 0.6) is 0 Å². The van der Waals surface area contributed by atoms with Crippen molar-refractivity contribution in [2.75, 3.05) is 5.32 Å². The normalized spacial score (nSPS) is 9.85. The number of nitrogens with one attached hydrogen (secondary N) is 2. The molecule has 66 valence electrons. The monoisotopic (exact) mass is 195 g/mol. The third-order valence-corrected chi connectivity index (χ3v) is 2.04. The molecule has 0 bridgehead atoms. The van der Waals surface area contributed by atoms with Crippen LogP contribution >= 0.6 is 11.3 Å². The lowest BCUT2D eigenvalue weighted by Crippen LogP contribution is -2.12. The van der Waals surface area contributed by atoms with Gasteiger partial charge in [-0.2, -0.15) is 0 Å². The van der Waals surface area contributed by atoms with E-state index in [1.165, 1.54) is 17.7 Å². The summed E-state index contributed by atoms with van der Waals surface area (Å²) in [4.78, 5) is 18.9. The molecule has 1 amide bonds. The van der Waals surface area contributed by atoms with E-state index >= 15 is 0 Å². The number of hydrogen-bond donors (Lipinski definition) is 2. The highest BCUT2D eigenvalue weighted by Gasteiger charge is 2.09. The number of nitrogens with zero attached hydrogens (tertiary/aromatic N) is 3. The number of hydrogen-bond acceptors (Lipinski definition) is 5. The Bertz CT molecular complexity index is 381. The largest absolute Gasteiger partial charge is 0.287 e. The van der Waals surface area contributed by atoms with Crippen LogP contribution in [0, 0.1) is 0 Å². The van der Waals surface area contributed by atoms with Gasteiger partial charge in [-0.25, -0.2) is 9.97 Å². The number of amides is 1. The molecule has 0 aromatic carbocycles. The fourth-order valence-corrected chi connectivity index (χ4v) is 1.29. The predicted molar refractivity (Wildman–Crippen MR) is 46.4 cm³/mol. The van der Waals surface area contributed by atoms with E-state index in [-0.39, 0.29) is 11.9 Å². The lowest BCUT2D eigenvalue weighted by atomic mass is 10.6. The molecule has 0 atom stereocenters. The maximum absolute atomic E-state index is 11.3. The summed E-state index contributed by atoms with van der Waals surface area (Å²) in [6, 6.07) is 0. The zero-order valence-electron chi connectivity index (χ0n) is 6.39. The van der Waals surface area contributed by atoms with Gasteiger partial charge in [0, 0.05) is 11.6 Å². The molecule has 2 aromatic rings. The molecule has 2 N–H and O–H groups in total. The number of carbonyl (C=O) groups excluding carboxylic acids is 1. The van der Waals surface area contributed by atoms with Gasteiger partial charge in [-0.15, -0.1) is 16.4 Å². The van der Waals surface area contributed by atoms with Crippen LogP contribution < -0.4 is 5.32 Å². The van der Waals surface area contributed by atoms with E-state index in [4.69, 9.17) is 0 Å². The van der Waals surface area contributed by atoms with Crippen LogP contribution in [-0.2, 0) is 0 Å². The molecular formula is C6H5N5OS. The molecule has 0 saturated heterocycles. The maximum Gasteiger partial charge on any atom is 0.287 e. The molecule has 0 aliphatic heterocycles. The first-order chi connectivity index (χ1) is 6.36. The molecule has 0 unspecified atom stereocenters. The van der Waals surface area contributed by atoms with Crippen molar-refractivity contribution < 1.29 is 4.79 Å². The number of aromatic amines is 1. The van der Waals surface area contributed by atoms with Crippen LogP contribution in [0.15, 0.2) is 17.9 Å². The van der Waals surface area contributed by atoms with Gasteiger partial charge in [-0.05, 0) is 0 Å². The van der Waals surface area contributed by atoms with Gasteiger partial charge in [0.1, 0.15) is 6.33 Å². The molecule has 0 spiro atoms. The second-order valence-electron chi connectivity index (χ2n) is 2.11. The van der Waals surface area contributed by atoms with Crippen LogP contribution in [0.25, 0.3) is 0 Å². The summed E-state index contributed by atoms with van der Waals surface area (Å²) in [5, 5.41) is 10.8. The molecule has 6 nitrogen and oxygen atoms in total. The van der Waals surface area contributed by atoms with Crippen LogP contribution in [0.1, 0.15) is 9.80 Å². The van der Waals surface area contributed by atoms with E-state index in [9.17, 15) is 4.79 Å². The summed E-state index contributed by atoms with van der Waals surface area (Å²) in [5.74, 6) is -0.0465. The van der Waals surface area contributed by atoms with E-state index in [0.717, 1.165) is 0 Å². The van der Waals surface area contributed by atoms with E-state index in [2.05, 4.69) is 25.5 Å². The Kier molecular flexibility index (Phi) is 2.01. The van der Waals surface area contributed by atoms with Crippen LogP contribution in [-0.4, -0.2) is 26.1 Å². The third kappa shape index (κ3) is 1.70. The molecule has 0 saturated carbocycles. The highest BCUT2D eigenvalue weighted by molar-refractivity contribution is 7.11. The summed E-state index contributed by atoms with van der Waals surface area (Å²) in [5.41, 5.74) is 0. The minimum Gasteiger partial charge on any atom is -0.287 e. The first kappa shape index (κ1) is 7.87. The van der Waals surface area contributed by atoms with Crippen molar-refractivity contribution in [3.63, 3.8) is 0 Å². The smallest absolute Gasteiger partial charge is 0.287 e. The number of aromatic nitrogens is 4. The van der Waals surface area contributed by atoms with Gasteiger partial charge in [-0.1, -0.05) is 0 Å². The minimum absolute atomic E-state index is 0.250. The Hall–Kier alpha value is -1.76. The Morgan fingerprint density at radius 1 is 1.54 bits per heavy atom. The molecule has 0 aliphatic rings. The van der Waals surface area contributed by atoms with Crippen LogP contribution in [0.4, 0.5) is 5.95 Å². The lowest BCUT2D eigenvalue weighted by Gasteiger charge is -1.94. The number of H-pyrrole nitrogens is 1. The fraction of sp³-hybridized carbons (Fsp3) is 0. The van der Waals surface area contributed by atoms with Gasteiger partial charge in [0.25, 0.3) is 5.91 Å². The fourth-order valence-electron chi connectivity index (χ4n) is 0.760. The molecule has 7 heteroatoms. The van der Waals surface area contributed by atoms with Crippen molar-refractivity contribution in [2.24, 2.45) is 0 Å². The zero-order valence-corrected chi connectivity index (χ0v) is 7.21. The van der Waals surface area contributed by atoms with Crippen molar-refractivity contribution in [1.82, 2.24) is 20.2 Å². The average Bonchev–Trinajstić information content (AvgIpc) is 2.74. The van der Waals surface area contributed by atoms with Crippen molar-refractivity contribution in [1.29, 1.82) is 0 Å². The van der Waals surface area contributed by atoms with E-state index in [1.54, 1.807) is 11.6 Å². The maximum atomic E-state index is 11.3. The SMILES string of the molecule is O=C(Nc1nc[nH]n1)c1nccs1. The minimum atomic E-state index is -0.297. The Morgan fingerprint density at radius 2 is 2.46 bits per heavy atom. The number of rotatable bonds is 2. The Morgan fingerprint density at radius 3 is 3.08 bits per heavy atom. The van der Waals surface area contributed by atoms with Crippen LogP contribution in [0.2, 0.25) is 0 Å². The molecule has 13 heavy (non-hydrogen) atoms. The van der Waals surface area contributed by atoms with Crippen molar-refractivity contribution >= 4 is 23.2 Å². The standard InChI is InChI=1S/C6H5N5OS/c12-4(5-7-1-2-13-5)10-6-8-3-9-11-6/h1-3H,(H2,8,9,10,11,12). The molecular weight excluding hydrogens is 190 g/mol. The van der Waals surface area contributed by atoms with E-state index < -0.39 is 0 Å². The predicted octanol–water partition coefficient (Wildman–Crippen LogP) is 0.513. The van der Waals surface area contributed by atoms with E-state index in [1.807, 2.05) is 0 Å². The molecule has 2 rings (SSSR count). The number of thiazole rings is 1. The molecule has 2 heterocycles. The highest BCUT2D eigenvalue weighted by atomic mass is 32.1.